The highest BCUT2D eigenvalue weighted by molar-refractivity contribution is 5.41. The molecule has 3 nitrogen and oxygen atoms in total. The van der Waals surface area contributed by atoms with E-state index in [9.17, 15) is 9.90 Å². The molecule has 0 aromatic heterocycles. The van der Waals surface area contributed by atoms with Gasteiger partial charge in [-0.05, 0) is 79.5 Å². The first kappa shape index (κ1) is 14.1. The van der Waals surface area contributed by atoms with Crippen molar-refractivity contribution < 1.29 is 14.6 Å². The predicted octanol–water partition coefficient (Wildman–Crippen LogP) is 3.79. The maximum absolute atomic E-state index is 10.8. The minimum absolute atomic E-state index is 0.108. The first-order chi connectivity index (χ1) is 10.6. The maximum atomic E-state index is 10.8. The van der Waals surface area contributed by atoms with Crippen LogP contribution in [0.5, 0.6) is 5.75 Å². The Morgan fingerprint density at radius 2 is 2.14 bits per heavy atom. The Hall–Kier alpha value is -1.51. The summed E-state index contributed by atoms with van der Waals surface area (Å²) in [6.07, 6.45) is 6.89. The van der Waals surface area contributed by atoms with Gasteiger partial charge in [0.1, 0.15) is 11.9 Å². The van der Waals surface area contributed by atoms with Crippen molar-refractivity contribution in [3.8, 4) is 5.75 Å². The molecule has 0 aliphatic heterocycles. The van der Waals surface area contributed by atoms with Crippen molar-refractivity contribution in [3.63, 3.8) is 0 Å². The number of ether oxygens (including phenoxy) is 1. The number of carbonyl (C=O) groups excluding carboxylic acids is 1. The second kappa shape index (κ2) is 5.00. The minimum atomic E-state index is 0.108. The fourth-order valence-corrected chi connectivity index (χ4v) is 5.81. The molecule has 1 aromatic rings. The van der Waals surface area contributed by atoms with Crippen molar-refractivity contribution >= 4 is 6.47 Å². The van der Waals surface area contributed by atoms with Crippen LogP contribution in [0.4, 0.5) is 0 Å². The number of hydrogen-bond acceptors (Lipinski definition) is 3. The van der Waals surface area contributed by atoms with Gasteiger partial charge in [-0.2, -0.15) is 0 Å². The van der Waals surface area contributed by atoms with Crippen LogP contribution in [0.2, 0.25) is 0 Å². The van der Waals surface area contributed by atoms with Crippen molar-refractivity contribution in [1.82, 2.24) is 0 Å². The van der Waals surface area contributed by atoms with Gasteiger partial charge in [-0.15, -0.1) is 0 Å². The number of rotatable bonds is 2. The summed E-state index contributed by atoms with van der Waals surface area (Å²) in [5.74, 6) is 2.38. The normalized spacial score (nSPS) is 39.5. The van der Waals surface area contributed by atoms with Crippen LogP contribution in [-0.2, 0) is 16.0 Å². The zero-order valence-electron chi connectivity index (χ0n) is 13.1. The Labute approximate surface area is 131 Å². The molecule has 22 heavy (non-hydrogen) atoms. The number of aryl methyl sites for hydroxylation is 1. The molecule has 2 saturated carbocycles. The van der Waals surface area contributed by atoms with Crippen LogP contribution in [0.1, 0.15) is 56.1 Å². The Bertz CT molecular complexity index is 596. The lowest BCUT2D eigenvalue weighted by Crippen LogP contribution is -2.44. The molecular weight excluding hydrogens is 276 g/mol. The molecular formula is C19H24O3. The molecule has 118 valence electrons. The van der Waals surface area contributed by atoms with Gasteiger partial charge in [0, 0.05) is 5.41 Å². The number of hydrogen-bond donors (Lipinski definition) is 1. The van der Waals surface area contributed by atoms with Gasteiger partial charge in [-0.25, -0.2) is 0 Å². The van der Waals surface area contributed by atoms with Gasteiger partial charge in [0.2, 0.25) is 0 Å². The van der Waals surface area contributed by atoms with Crippen molar-refractivity contribution in [1.29, 1.82) is 0 Å². The molecule has 5 unspecified atom stereocenters. The van der Waals surface area contributed by atoms with Crippen LogP contribution in [0.3, 0.4) is 0 Å². The van der Waals surface area contributed by atoms with Crippen molar-refractivity contribution in [3.05, 3.63) is 29.3 Å². The van der Waals surface area contributed by atoms with Gasteiger partial charge < -0.3 is 9.84 Å². The third kappa shape index (κ3) is 1.90. The number of carbonyl (C=O) groups is 1. The first-order valence-electron chi connectivity index (χ1n) is 8.54. The van der Waals surface area contributed by atoms with E-state index in [2.05, 4.69) is 13.0 Å². The third-order valence-electron chi connectivity index (χ3n) is 6.84. The van der Waals surface area contributed by atoms with Crippen molar-refractivity contribution in [2.75, 3.05) is 0 Å². The monoisotopic (exact) mass is 300 g/mol. The number of phenols is 1. The van der Waals surface area contributed by atoms with Gasteiger partial charge in [0.25, 0.3) is 6.47 Å². The summed E-state index contributed by atoms with van der Waals surface area (Å²) in [6.45, 7) is 2.98. The van der Waals surface area contributed by atoms with Crippen LogP contribution in [0.15, 0.2) is 18.2 Å². The maximum Gasteiger partial charge on any atom is 0.293 e. The van der Waals surface area contributed by atoms with Crippen LogP contribution in [0.25, 0.3) is 0 Å². The van der Waals surface area contributed by atoms with E-state index < -0.39 is 0 Å². The van der Waals surface area contributed by atoms with Crippen molar-refractivity contribution in [2.24, 2.45) is 17.3 Å². The third-order valence-corrected chi connectivity index (χ3v) is 6.84. The smallest absolute Gasteiger partial charge is 0.293 e. The molecule has 0 radical (unpaired) electrons. The molecule has 3 aliphatic carbocycles. The lowest BCUT2D eigenvalue weighted by molar-refractivity contribution is -0.141. The van der Waals surface area contributed by atoms with E-state index in [4.69, 9.17) is 4.74 Å². The predicted molar refractivity (Wildman–Crippen MR) is 83.7 cm³/mol. The summed E-state index contributed by atoms with van der Waals surface area (Å²) < 4.78 is 5.43. The lowest BCUT2D eigenvalue weighted by atomic mass is 9.55. The topological polar surface area (TPSA) is 46.5 Å². The molecule has 2 fully saturated rings. The van der Waals surface area contributed by atoms with E-state index in [1.54, 1.807) is 0 Å². The second-order valence-corrected chi connectivity index (χ2v) is 7.64. The van der Waals surface area contributed by atoms with E-state index >= 15 is 0 Å². The fourth-order valence-electron chi connectivity index (χ4n) is 5.81. The molecule has 4 rings (SSSR count). The summed E-state index contributed by atoms with van der Waals surface area (Å²) in [6, 6.07) is 5.92. The molecule has 3 heteroatoms. The Morgan fingerprint density at radius 1 is 1.27 bits per heavy atom. The molecule has 1 N–H and O–H groups in total. The van der Waals surface area contributed by atoms with E-state index in [0.29, 0.717) is 30.0 Å². The SMILES string of the molecule is CC12CCC3c4ccc(O)cc4CCC3C1CCC2OC=O. The average Bonchev–Trinajstić information content (AvgIpc) is 2.84. The summed E-state index contributed by atoms with van der Waals surface area (Å²) in [4.78, 5) is 10.8. The van der Waals surface area contributed by atoms with Crippen molar-refractivity contribution in [2.45, 2.75) is 57.5 Å². The Kier molecular flexibility index (Phi) is 3.21. The molecule has 0 amide bonds. The summed E-state index contributed by atoms with van der Waals surface area (Å²) in [5.41, 5.74) is 2.95. The molecule has 0 bridgehead atoms. The zero-order chi connectivity index (χ0) is 15.3. The fraction of sp³-hybridized carbons (Fsp3) is 0.632. The highest BCUT2D eigenvalue weighted by Gasteiger charge is 2.55. The summed E-state index contributed by atoms with van der Waals surface area (Å²) >= 11 is 0. The summed E-state index contributed by atoms with van der Waals surface area (Å²) in [5, 5.41) is 9.72. The van der Waals surface area contributed by atoms with E-state index in [-0.39, 0.29) is 11.5 Å². The van der Waals surface area contributed by atoms with Gasteiger partial charge in [-0.3, -0.25) is 4.79 Å². The Balaban J connectivity index is 1.66. The molecule has 3 aliphatic rings. The first-order valence-corrected chi connectivity index (χ1v) is 8.54. The van der Waals surface area contributed by atoms with Crippen LogP contribution in [0, 0.1) is 17.3 Å². The number of benzene rings is 1. The molecule has 1 aromatic carbocycles. The van der Waals surface area contributed by atoms with E-state index in [1.165, 1.54) is 30.4 Å². The van der Waals surface area contributed by atoms with Crippen LogP contribution in [-0.4, -0.2) is 17.7 Å². The van der Waals surface area contributed by atoms with Gasteiger partial charge in [0.05, 0.1) is 0 Å². The van der Waals surface area contributed by atoms with Crippen LogP contribution >= 0.6 is 0 Å². The lowest BCUT2D eigenvalue weighted by Gasteiger charge is -2.50. The van der Waals surface area contributed by atoms with Gasteiger partial charge in [-0.1, -0.05) is 13.0 Å². The molecule has 5 atom stereocenters. The van der Waals surface area contributed by atoms with Gasteiger partial charge in [0.15, 0.2) is 0 Å². The standard InChI is InChI=1S/C19H24O3/c1-19-9-8-15-14-5-3-13(21)10-12(14)2-4-16(15)17(19)6-7-18(19)22-11-20/h3,5,10-11,15-18,21H,2,4,6-9H2,1H3. The Morgan fingerprint density at radius 3 is 2.95 bits per heavy atom. The average molecular weight is 300 g/mol. The highest BCUT2D eigenvalue weighted by Crippen LogP contribution is 2.61. The minimum Gasteiger partial charge on any atom is -0.508 e. The number of fused-ring (bicyclic) bond motifs is 5. The van der Waals surface area contributed by atoms with Crippen LogP contribution < -0.4 is 0 Å². The largest absolute Gasteiger partial charge is 0.508 e. The zero-order valence-corrected chi connectivity index (χ0v) is 13.1. The second-order valence-electron chi connectivity index (χ2n) is 7.64. The molecule has 0 heterocycles. The van der Waals surface area contributed by atoms with E-state index in [1.807, 2.05) is 12.1 Å². The molecule has 0 saturated heterocycles. The number of aromatic hydroxyl groups is 1. The van der Waals surface area contributed by atoms with E-state index in [0.717, 1.165) is 19.3 Å². The highest BCUT2D eigenvalue weighted by atomic mass is 16.5. The summed E-state index contributed by atoms with van der Waals surface area (Å²) in [7, 11) is 0. The quantitative estimate of drug-likeness (QED) is 0.845. The molecule has 0 spiro atoms. The number of phenolic OH excluding ortho intramolecular Hbond substituents is 1. The van der Waals surface area contributed by atoms with Gasteiger partial charge >= 0.3 is 0 Å².